The molecule has 2 unspecified atom stereocenters. The zero-order valence-corrected chi connectivity index (χ0v) is 20.5. The number of carbonyl (C=O) groups is 3. The summed E-state index contributed by atoms with van der Waals surface area (Å²) in [5.74, 6) is -2.05. The Balaban J connectivity index is 1.65. The van der Waals surface area contributed by atoms with Crippen molar-refractivity contribution >= 4 is 27.8 Å². The van der Waals surface area contributed by atoms with Crippen LogP contribution in [0.3, 0.4) is 0 Å². The molecule has 2 amide bonds. The first-order valence-electron chi connectivity index (χ1n) is 11.4. The highest BCUT2D eigenvalue weighted by Crippen LogP contribution is 2.44. The van der Waals surface area contributed by atoms with Crippen LogP contribution in [0.5, 0.6) is 0 Å². The molecule has 0 spiro atoms. The summed E-state index contributed by atoms with van der Waals surface area (Å²) in [6, 6.07) is 14.2. The van der Waals surface area contributed by atoms with Crippen molar-refractivity contribution in [3.05, 3.63) is 59.7 Å². The maximum absolute atomic E-state index is 12.7. The van der Waals surface area contributed by atoms with Gasteiger partial charge >= 0.3 is 12.1 Å². The summed E-state index contributed by atoms with van der Waals surface area (Å²) in [5.41, 5.74) is 4.25. The van der Waals surface area contributed by atoms with E-state index in [0.29, 0.717) is 0 Å². The van der Waals surface area contributed by atoms with Gasteiger partial charge in [0.25, 0.3) is 0 Å². The summed E-state index contributed by atoms with van der Waals surface area (Å²) < 4.78 is 28.8. The first kappa shape index (κ1) is 26.2. The zero-order valence-electron chi connectivity index (χ0n) is 19.7. The molecule has 0 heterocycles. The van der Waals surface area contributed by atoms with Crippen LogP contribution in [0.4, 0.5) is 4.79 Å². The number of hydrogen-bond acceptors (Lipinski definition) is 6. The van der Waals surface area contributed by atoms with Crippen LogP contribution in [0.1, 0.15) is 43.2 Å². The number of rotatable bonds is 11. The van der Waals surface area contributed by atoms with Gasteiger partial charge in [-0.2, -0.15) is 0 Å². The molecule has 0 radical (unpaired) electrons. The molecule has 3 rings (SSSR count). The Bertz CT molecular complexity index is 1150. The van der Waals surface area contributed by atoms with Crippen molar-refractivity contribution in [3.8, 4) is 11.1 Å². The van der Waals surface area contributed by atoms with Gasteiger partial charge in [0.15, 0.2) is 0 Å². The molecule has 188 valence electrons. The van der Waals surface area contributed by atoms with Crippen LogP contribution in [0.25, 0.3) is 11.1 Å². The first-order valence-corrected chi connectivity index (χ1v) is 13.4. The Hall–Kier alpha value is -3.40. The predicted molar refractivity (Wildman–Crippen MR) is 131 cm³/mol. The van der Waals surface area contributed by atoms with E-state index in [4.69, 9.17) is 9.84 Å². The maximum atomic E-state index is 12.7. The number of carboxylic acid groups (broad SMARTS) is 1. The molecule has 9 nitrogen and oxygen atoms in total. The van der Waals surface area contributed by atoms with E-state index in [0.717, 1.165) is 28.5 Å². The molecule has 2 aromatic carbocycles. The highest BCUT2D eigenvalue weighted by Gasteiger charge is 2.30. The van der Waals surface area contributed by atoms with Gasteiger partial charge in [-0.1, -0.05) is 48.5 Å². The minimum Gasteiger partial charge on any atom is -0.481 e. The number of aliphatic carboxylic acids is 1. The van der Waals surface area contributed by atoms with E-state index in [1.54, 1.807) is 6.92 Å². The fourth-order valence-electron chi connectivity index (χ4n) is 4.14. The van der Waals surface area contributed by atoms with E-state index in [-0.39, 0.29) is 37.5 Å². The van der Waals surface area contributed by atoms with Crippen LogP contribution in [-0.4, -0.2) is 62.2 Å². The minimum atomic E-state index is -3.38. The van der Waals surface area contributed by atoms with Gasteiger partial charge in [-0.25, -0.2) is 13.2 Å². The number of ether oxygens (including phenoxy) is 1. The molecule has 0 aliphatic heterocycles. The van der Waals surface area contributed by atoms with Crippen molar-refractivity contribution in [2.24, 2.45) is 0 Å². The van der Waals surface area contributed by atoms with Crippen molar-refractivity contribution in [2.75, 3.05) is 18.6 Å². The molecule has 0 saturated carbocycles. The summed E-state index contributed by atoms with van der Waals surface area (Å²) in [6.45, 7) is 1.69. The molecular formula is C25H30N2O7S. The molecule has 2 atom stereocenters. The van der Waals surface area contributed by atoms with Gasteiger partial charge in [0.2, 0.25) is 5.91 Å². The molecule has 0 saturated heterocycles. The van der Waals surface area contributed by atoms with E-state index in [9.17, 15) is 22.8 Å². The number of benzene rings is 2. The number of hydrogen-bond donors (Lipinski definition) is 3. The lowest BCUT2D eigenvalue weighted by Crippen LogP contribution is -2.50. The van der Waals surface area contributed by atoms with E-state index in [1.165, 1.54) is 0 Å². The number of sulfone groups is 1. The second-order valence-electron chi connectivity index (χ2n) is 8.78. The van der Waals surface area contributed by atoms with Gasteiger partial charge < -0.3 is 20.5 Å². The minimum absolute atomic E-state index is 0.0509. The predicted octanol–water partition coefficient (Wildman–Crippen LogP) is 2.70. The van der Waals surface area contributed by atoms with Crippen LogP contribution in [-0.2, 0) is 24.2 Å². The lowest BCUT2D eigenvalue weighted by Gasteiger charge is -2.21. The van der Waals surface area contributed by atoms with Crippen molar-refractivity contribution in [1.82, 2.24) is 10.6 Å². The number of nitrogens with one attached hydrogen (secondary N) is 2. The molecule has 0 aromatic heterocycles. The van der Waals surface area contributed by atoms with Crippen molar-refractivity contribution in [2.45, 2.75) is 44.2 Å². The number of fused-ring (bicyclic) bond motifs is 3. The summed E-state index contributed by atoms with van der Waals surface area (Å²) >= 11 is 0. The average Bonchev–Trinajstić information content (AvgIpc) is 3.12. The van der Waals surface area contributed by atoms with E-state index in [2.05, 4.69) is 10.6 Å². The smallest absolute Gasteiger partial charge is 0.407 e. The fourth-order valence-corrected chi connectivity index (χ4v) is 4.80. The number of carboxylic acids is 1. The third-order valence-electron chi connectivity index (χ3n) is 5.91. The van der Waals surface area contributed by atoms with Gasteiger partial charge in [0.05, 0.1) is 5.75 Å². The molecule has 10 heteroatoms. The quantitative estimate of drug-likeness (QED) is 0.429. The number of alkyl carbamates (subject to hydrolysis) is 1. The van der Waals surface area contributed by atoms with Crippen LogP contribution < -0.4 is 10.6 Å². The van der Waals surface area contributed by atoms with Gasteiger partial charge in [-0.3, -0.25) is 9.59 Å². The summed E-state index contributed by atoms with van der Waals surface area (Å²) in [6.07, 6.45) is 0.143. The van der Waals surface area contributed by atoms with Gasteiger partial charge in [-0.15, -0.1) is 0 Å². The van der Waals surface area contributed by atoms with Gasteiger partial charge in [-0.05, 0) is 42.0 Å². The van der Waals surface area contributed by atoms with E-state index < -0.39 is 39.9 Å². The molecule has 1 aliphatic rings. The Morgan fingerprint density at radius 2 is 1.54 bits per heavy atom. The maximum Gasteiger partial charge on any atom is 0.407 e. The van der Waals surface area contributed by atoms with E-state index >= 15 is 0 Å². The second-order valence-corrected chi connectivity index (χ2v) is 11.0. The number of amides is 2. The van der Waals surface area contributed by atoms with Crippen molar-refractivity contribution in [1.29, 1.82) is 0 Å². The van der Waals surface area contributed by atoms with Crippen LogP contribution in [0.15, 0.2) is 48.5 Å². The highest BCUT2D eigenvalue weighted by molar-refractivity contribution is 7.90. The van der Waals surface area contributed by atoms with Crippen LogP contribution in [0.2, 0.25) is 0 Å². The topological polar surface area (TPSA) is 139 Å². The summed E-state index contributed by atoms with van der Waals surface area (Å²) in [7, 11) is -3.38. The normalized spacial score (nSPS) is 14.3. The fraction of sp³-hybridized carbons (Fsp3) is 0.400. The Morgan fingerprint density at radius 3 is 2.09 bits per heavy atom. The molecule has 0 fully saturated rings. The average molecular weight is 503 g/mol. The third kappa shape index (κ3) is 7.29. The SMILES string of the molecule is CC(CCC(=O)O)NC(=O)C(CCS(C)(=O)=O)NC(=O)OCC1c2ccccc2-c2ccccc21. The number of carbonyl (C=O) groups excluding carboxylic acids is 2. The standard InChI is InChI=1S/C25H30N2O7S/c1-16(11-12-23(28)29)26-24(30)22(13-14-35(2,32)33)27-25(31)34-15-21-19-9-5-3-7-17(19)18-8-4-6-10-20(18)21/h3-10,16,21-22H,11-15H2,1-2H3,(H,26,30)(H,27,31)(H,28,29). The lowest BCUT2D eigenvalue weighted by molar-refractivity contribution is -0.137. The Labute approximate surface area is 204 Å². The molecule has 3 N–H and O–H groups in total. The van der Waals surface area contributed by atoms with Gasteiger partial charge in [0.1, 0.15) is 22.5 Å². The zero-order chi connectivity index (χ0) is 25.6. The molecule has 1 aliphatic carbocycles. The van der Waals surface area contributed by atoms with Gasteiger partial charge in [0, 0.05) is 24.6 Å². The summed E-state index contributed by atoms with van der Waals surface area (Å²) in [4.78, 5) is 36.1. The molecular weight excluding hydrogens is 472 g/mol. The Morgan fingerprint density at radius 1 is 0.971 bits per heavy atom. The molecule has 35 heavy (non-hydrogen) atoms. The van der Waals surface area contributed by atoms with E-state index in [1.807, 2.05) is 48.5 Å². The monoisotopic (exact) mass is 502 g/mol. The second kappa shape index (κ2) is 11.4. The van der Waals surface area contributed by atoms with Crippen molar-refractivity contribution in [3.63, 3.8) is 0 Å². The van der Waals surface area contributed by atoms with Crippen LogP contribution >= 0.6 is 0 Å². The third-order valence-corrected chi connectivity index (χ3v) is 6.89. The Kier molecular flexibility index (Phi) is 8.50. The first-order chi connectivity index (χ1) is 16.5. The lowest BCUT2D eigenvalue weighted by atomic mass is 9.98. The molecule has 2 aromatic rings. The summed E-state index contributed by atoms with van der Waals surface area (Å²) in [5, 5.41) is 13.9. The van der Waals surface area contributed by atoms with Crippen molar-refractivity contribution < 1.29 is 32.6 Å². The largest absolute Gasteiger partial charge is 0.481 e. The molecule has 0 bridgehead atoms. The van der Waals surface area contributed by atoms with Crippen LogP contribution in [0, 0.1) is 0 Å². The highest BCUT2D eigenvalue weighted by atomic mass is 32.2.